The number of nitrogens with one attached hydrogen (secondary N) is 2. The number of pyridine rings is 1. The molecular formula is C20H24F3N7O3S2. The molecule has 2 aliphatic rings. The van der Waals surface area contributed by atoms with Crippen molar-refractivity contribution in [2.24, 2.45) is 0 Å². The van der Waals surface area contributed by atoms with Crippen molar-refractivity contribution in [3.05, 3.63) is 23.5 Å². The Hall–Kier alpha value is -2.33. The summed E-state index contributed by atoms with van der Waals surface area (Å²) in [6.07, 6.45) is 0.0190. The Labute approximate surface area is 203 Å². The average molecular weight is 532 g/mol. The molecule has 10 nitrogen and oxygen atoms in total. The Morgan fingerprint density at radius 3 is 2.57 bits per heavy atom. The van der Waals surface area contributed by atoms with Crippen LogP contribution in [0.5, 0.6) is 0 Å². The fourth-order valence-electron chi connectivity index (χ4n) is 4.39. The van der Waals surface area contributed by atoms with Crippen molar-refractivity contribution < 1.29 is 26.3 Å². The number of fused-ring (bicyclic) bond motifs is 1. The molecule has 0 saturated carbocycles. The standard InChI is InChI=1S/C20H24F3N7O3S2/c1-11-5-29(6-12(2)25-11)14-3-13(35(31,32)28-20(8-21)9-33-10-20)7-30-15(4-24-17(14)30)18-26-27-19(34-18)16(22)23/h3-4,7,11-12,16,25,28H,5-6,8-10H2,1-2H3/t11-,12-/m0/s1. The molecule has 0 spiro atoms. The third kappa shape index (κ3) is 4.50. The number of hydrogen-bond donors (Lipinski definition) is 2. The third-order valence-corrected chi connectivity index (χ3v) is 8.48. The number of ether oxygens (including phenoxy) is 1. The second-order valence-corrected chi connectivity index (χ2v) is 11.7. The van der Waals surface area contributed by atoms with Crippen LogP contribution in [-0.4, -0.2) is 78.6 Å². The highest BCUT2D eigenvalue weighted by Crippen LogP contribution is 2.34. The summed E-state index contributed by atoms with van der Waals surface area (Å²) in [6.45, 7) is 4.18. The Morgan fingerprint density at radius 1 is 1.29 bits per heavy atom. The van der Waals surface area contributed by atoms with Crippen LogP contribution in [0.1, 0.15) is 25.3 Å². The fraction of sp³-hybridized carbons (Fsp3) is 0.550. The largest absolute Gasteiger partial charge is 0.377 e. The van der Waals surface area contributed by atoms with Gasteiger partial charge in [-0.25, -0.2) is 26.6 Å². The molecule has 0 amide bonds. The minimum absolute atomic E-state index is 0.0673. The molecule has 0 aromatic carbocycles. The maximum absolute atomic E-state index is 13.6. The van der Waals surface area contributed by atoms with E-state index in [4.69, 9.17) is 4.74 Å². The fourth-order valence-corrected chi connectivity index (χ4v) is 6.47. The lowest BCUT2D eigenvalue weighted by atomic mass is 10.0. The van der Waals surface area contributed by atoms with E-state index in [1.54, 1.807) is 0 Å². The predicted octanol–water partition coefficient (Wildman–Crippen LogP) is 1.99. The van der Waals surface area contributed by atoms with E-state index in [9.17, 15) is 21.6 Å². The summed E-state index contributed by atoms with van der Waals surface area (Å²) in [5, 5.41) is 10.5. The molecular weight excluding hydrogens is 507 g/mol. The van der Waals surface area contributed by atoms with E-state index in [2.05, 4.69) is 25.2 Å². The summed E-state index contributed by atoms with van der Waals surface area (Å²) < 4.78 is 75.5. The van der Waals surface area contributed by atoms with E-state index >= 15 is 0 Å². The summed E-state index contributed by atoms with van der Waals surface area (Å²) in [5.41, 5.74) is 0.0132. The summed E-state index contributed by atoms with van der Waals surface area (Å²) in [4.78, 5) is 6.39. The molecule has 2 saturated heterocycles. The molecule has 0 aliphatic carbocycles. The SMILES string of the molecule is C[C@H]1CN(c2cc(S(=O)(=O)NC3(CF)COC3)cn3c(-c4nnc(C(F)F)s4)cnc23)C[C@H](C)N1. The monoisotopic (exact) mass is 531 g/mol. The van der Waals surface area contributed by atoms with Gasteiger partial charge in [0.1, 0.15) is 22.8 Å². The molecule has 0 unspecified atom stereocenters. The van der Waals surface area contributed by atoms with Crippen LogP contribution in [0.2, 0.25) is 0 Å². The highest BCUT2D eigenvalue weighted by atomic mass is 32.2. The second-order valence-electron chi connectivity index (χ2n) is 9.03. The van der Waals surface area contributed by atoms with Crippen molar-refractivity contribution in [3.63, 3.8) is 0 Å². The van der Waals surface area contributed by atoms with Crippen LogP contribution in [0.15, 0.2) is 23.4 Å². The van der Waals surface area contributed by atoms with E-state index in [1.807, 2.05) is 18.7 Å². The van der Waals surface area contributed by atoms with Gasteiger partial charge in [-0.1, -0.05) is 11.3 Å². The summed E-state index contributed by atoms with van der Waals surface area (Å²) in [7, 11) is -4.17. The van der Waals surface area contributed by atoms with Crippen molar-refractivity contribution in [2.45, 2.75) is 42.8 Å². The molecule has 15 heteroatoms. The highest BCUT2D eigenvalue weighted by Gasteiger charge is 2.43. The first-order chi connectivity index (χ1) is 16.6. The predicted molar refractivity (Wildman–Crippen MR) is 123 cm³/mol. The van der Waals surface area contributed by atoms with Crippen molar-refractivity contribution in [2.75, 3.05) is 37.9 Å². The molecule has 3 aromatic heterocycles. The van der Waals surface area contributed by atoms with Crippen LogP contribution in [0, 0.1) is 0 Å². The molecule has 3 aromatic rings. The van der Waals surface area contributed by atoms with Crippen molar-refractivity contribution in [3.8, 4) is 10.7 Å². The van der Waals surface area contributed by atoms with E-state index in [0.29, 0.717) is 41.5 Å². The van der Waals surface area contributed by atoms with Gasteiger partial charge in [0.15, 0.2) is 15.7 Å². The summed E-state index contributed by atoms with van der Waals surface area (Å²) in [6, 6.07) is 1.77. The lowest BCUT2D eigenvalue weighted by Crippen LogP contribution is -2.63. The number of nitrogens with zero attached hydrogens (tertiary/aromatic N) is 5. The smallest absolute Gasteiger partial charge is 0.291 e. The first-order valence-electron chi connectivity index (χ1n) is 10.9. The Bertz CT molecular complexity index is 1330. The molecule has 2 atom stereocenters. The number of aromatic nitrogens is 4. The number of halogens is 3. The van der Waals surface area contributed by atoms with Gasteiger partial charge in [0, 0.05) is 31.4 Å². The molecule has 35 heavy (non-hydrogen) atoms. The van der Waals surface area contributed by atoms with Gasteiger partial charge in [-0.15, -0.1) is 10.2 Å². The van der Waals surface area contributed by atoms with E-state index in [-0.39, 0.29) is 35.2 Å². The van der Waals surface area contributed by atoms with Crippen molar-refractivity contribution >= 4 is 32.7 Å². The lowest BCUT2D eigenvalue weighted by molar-refractivity contribution is -0.0725. The molecule has 2 N–H and O–H groups in total. The Balaban J connectivity index is 1.65. The van der Waals surface area contributed by atoms with Crippen molar-refractivity contribution in [1.82, 2.24) is 29.6 Å². The van der Waals surface area contributed by atoms with Gasteiger partial charge < -0.3 is 15.0 Å². The van der Waals surface area contributed by atoms with Gasteiger partial charge in [-0.3, -0.25) is 4.40 Å². The van der Waals surface area contributed by atoms with Crippen LogP contribution in [0.25, 0.3) is 16.3 Å². The number of piperazine rings is 1. The minimum Gasteiger partial charge on any atom is -0.377 e. The van der Waals surface area contributed by atoms with Gasteiger partial charge in [-0.2, -0.15) is 4.72 Å². The van der Waals surface area contributed by atoms with Crippen LogP contribution in [0.4, 0.5) is 18.9 Å². The van der Waals surface area contributed by atoms with Crippen molar-refractivity contribution in [1.29, 1.82) is 0 Å². The zero-order valence-corrected chi connectivity index (χ0v) is 20.5. The number of sulfonamides is 1. The van der Waals surface area contributed by atoms with Gasteiger partial charge in [0.05, 0.1) is 25.1 Å². The summed E-state index contributed by atoms with van der Waals surface area (Å²) in [5.74, 6) is 0. The van der Waals surface area contributed by atoms with E-state index in [0.717, 1.165) is 0 Å². The molecule has 5 heterocycles. The first-order valence-corrected chi connectivity index (χ1v) is 13.2. The first kappa shape index (κ1) is 24.4. The Kier molecular flexibility index (Phi) is 6.24. The van der Waals surface area contributed by atoms with Crippen LogP contribution in [0.3, 0.4) is 0 Å². The maximum atomic E-state index is 13.6. The zero-order valence-electron chi connectivity index (χ0n) is 18.9. The molecule has 2 aliphatic heterocycles. The van der Waals surface area contributed by atoms with Crippen LogP contribution >= 0.6 is 11.3 Å². The Morgan fingerprint density at radius 2 is 2.00 bits per heavy atom. The average Bonchev–Trinajstić information content (AvgIpc) is 3.42. The number of imidazole rings is 1. The quantitative estimate of drug-likeness (QED) is 0.476. The molecule has 2 fully saturated rings. The highest BCUT2D eigenvalue weighted by molar-refractivity contribution is 7.89. The van der Waals surface area contributed by atoms with Gasteiger partial charge in [0.25, 0.3) is 6.43 Å². The zero-order chi connectivity index (χ0) is 25.0. The second kappa shape index (κ2) is 8.96. The van der Waals surface area contributed by atoms with Gasteiger partial charge in [0.2, 0.25) is 10.0 Å². The third-order valence-electron chi connectivity index (χ3n) is 5.98. The maximum Gasteiger partial charge on any atom is 0.291 e. The molecule has 0 bridgehead atoms. The van der Waals surface area contributed by atoms with Crippen LogP contribution in [-0.2, 0) is 14.8 Å². The summed E-state index contributed by atoms with van der Waals surface area (Å²) >= 11 is 0.708. The number of anilines is 1. The number of rotatable bonds is 7. The van der Waals surface area contributed by atoms with E-state index < -0.39 is 33.7 Å². The lowest BCUT2D eigenvalue weighted by Gasteiger charge is -2.39. The number of hydrogen-bond acceptors (Lipinski definition) is 9. The topological polar surface area (TPSA) is 114 Å². The van der Waals surface area contributed by atoms with E-state index in [1.165, 1.54) is 22.9 Å². The normalized spacial score (nSPS) is 22.6. The molecule has 0 radical (unpaired) electrons. The molecule has 190 valence electrons. The minimum atomic E-state index is -4.17. The van der Waals surface area contributed by atoms with Gasteiger partial charge in [-0.05, 0) is 19.9 Å². The van der Waals surface area contributed by atoms with Crippen LogP contribution < -0.4 is 14.9 Å². The number of alkyl halides is 3. The molecule has 5 rings (SSSR count). The van der Waals surface area contributed by atoms with Gasteiger partial charge >= 0.3 is 0 Å².